The van der Waals surface area contributed by atoms with Crippen LogP contribution in [0.3, 0.4) is 0 Å². The highest BCUT2D eigenvalue weighted by Crippen LogP contribution is 2.19. The molecule has 2 nitrogen and oxygen atoms in total. The molecule has 1 rings (SSSR count). The number of nitrogens with one attached hydrogen (secondary N) is 1. The summed E-state index contributed by atoms with van der Waals surface area (Å²) in [6, 6.07) is 0.744. The molecule has 1 fully saturated rings. The molecule has 1 heterocycles. The average Bonchev–Trinajstić information content (AvgIpc) is 2.00. The Balaban J connectivity index is 2.12. The van der Waals surface area contributed by atoms with Crippen LogP contribution < -0.4 is 5.32 Å². The zero-order valence-electron chi connectivity index (χ0n) is 9.33. The van der Waals surface area contributed by atoms with Crippen LogP contribution in [0.2, 0.25) is 0 Å². The van der Waals surface area contributed by atoms with Gasteiger partial charge in [-0.1, -0.05) is 13.8 Å². The minimum atomic E-state index is 0.332. The summed E-state index contributed by atoms with van der Waals surface area (Å²) in [7, 11) is 0. The lowest BCUT2D eigenvalue weighted by Crippen LogP contribution is -2.42. The second kappa shape index (κ2) is 6.70. The number of hydrogen-bond acceptors (Lipinski definition) is 3. The molecule has 1 unspecified atom stereocenters. The lowest BCUT2D eigenvalue weighted by Gasteiger charge is -2.28. The number of rotatable bonds is 7. The summed E-state index contributed by atoms with van der Waals surface area (Å²) < 4.78 is 0. The van der Waals surface area contributed by atoms with Crippen LogP contribution in [0, 0.1) is 11.8 Å². The third-order valence-electron chi connectivity index (χ3n) is 2.68. The first-order valence-electron chi connectivity index (χ1n) is 5.64. The lowest BCUT2D eigenvalue weighted by atomic mass is 9.94. The summed E-state index contributed by atoms with van der Waals surface area (Å²) in [6.45, 7) is 5.93. The molecule has 84 valence electrons. The fraction of sp³-hybridized carbons (Fsp3) is 1.00. The Bertz CT molecular complexity index is 148. The zero-order chi connectivity index (χ0) is 10.4. The highest BCUT2D eigenvalue weighted by Gasteiger charge is 2.19. The Labute approximate surface area is 91.9 Å². The Morgan fingerprint density at radius 1 is 1.43 bits per heavy atom. The van der Waals surface area contributed by atoms with Crippen LogP contribution in [0.15, 0.2) is 0 Å². The molecule has 0 aromatic heterocycles. The summed E-state index contributed by atoms with van der Waals surface area (Å²) >= 11 is 2.01. The molecule has 0 saturated carbocycles. The van der Waals surface area contributed by atoms with Gasteiger partial charge in [-0.25, -0.2) is 0 Å². The van der Waals surface area contributed by atoms with E-state index in [2.05, 4.69) is 19.2 Å². The minimum Gasteiger partial charge on any atom is -0.396 e. The minimum absolute atomic E-state index is 0.332. The fourth-order valence-electron chi connectivity index (χ4n) is 1.84. The van der Waals surface area contributed by atoms with Gasteiger partial charge in [0.15, 0.2) is 0 Å². The molecule has 0 aromatic carbocycles. The van der Waals surface area contributed by atoms with E-state index in [0.717, 1.165) is 24.9 Å². The number of aliphatic hydroxyl groups excluding tert-OH is 1. The summed E-state index contributed by atoms with van der Waals surface area (Å²) in [4.78, 5) is 0. The molecule has 14 heavy (non-hydrogen) atoms. The van der Waals surface area contributed by atoms with E-state index in [1.54, 1.807) is 0 Å². The monoisotopic (exact) mass is 217 g/mol. The molecule has 2 N–H and O–H groups in total. The number of aliphatic hydroxyl groups is 1. The quantitative estimate of drug-likeness (QED) is 0.681. The van der Waals surface area contributed by atoms with E-state index in [4.69, 9.17) is 5.11 Å². The SMILES string of the molecule is CC(C)CC(CCO)CNC1CSC1. The normalized spacial score (nSPS) is 19.7. The number of hydrogen-bond donors (Lipinski definition) is 2. The van der Waals surface area contributed by atoms with Crippen LogP contribution in [0.1, 0.15) is 26.7 Å². The van der Waals surface area contributed by atoms with Gasteiger partial charge in [-0.2, -0.15) is 11.8 Å². The Morgan fingerprint density at radius 3 is 2.57 bits per heavy atom. The van der Waals surface area contributed by atoms with Crippen LogP contribution in [0.5, 0.6) is 0 Å². The van der Waals surface area contributed by atoms with Crippen molar-refractivity contribution in [2.45, 2.75) is 32.7 Å². The van der Waals surface area contributed by atoms with E-state index in [9.17, 15) is 0 Å². The molecule has 0 amide bonds. The molecule has 0 aromatic rings. The highest BCUT2D eigenvalue weighted by molar-refractivity contribution is 8.00. The second-order valence-corrected chi connectivity index (χ2v) is 5.73. The van der Waals surface area contributed by atoms with E-state index < -0.39 is 0 Å². The molecule has 1 atom stereocenters. The lowest BCUT2D eigenvalue weighted by molar-refractivity contribution is 0.237. The predicted molar refractivity (Wildman–Crippen MR) is 63.8 cm³/mol. The van der Waals surface area contributed by atoms with Crippen LogP contribution in [-0.4, -0.2) is 35.8 Å². The Hall–Kier alpha value is 0.270. The summed E-state index contributed by atoms with van der Waals surface area (Å²) in [6.07, 6.45) is 2.18. The summed E-state index contributed by atoms with van der Waals surface area (Å²) in [5, 5.41) is 12.5. The number of thioether (sulfide) groups is 1. The maximum atomic E-state index is 8.95. The van der Waals surface area contributed by atoms with Crippen LogP contribution >= 0.6 is 11.8 Å². The van der Waals surface area contributed by atoms with E-state index in [-0.39, 0.29) is 0 Å². The maximum Gasteiger partial charge on any atom is 0.0434 e. The van der Waals surface area contributed by atoms with Crippen LogP contribution in [0.25, 0.3) is 0 Å². The largest absolute Gasteiger partial charge is 0.396 e. The van der Waals surface area contributed by atoms with Crippen molar-refractivity contribution < 1.29 is 5.11 Å². The Morgan fingerprint density at radius 2 is 2.14 bits per heavy atom. The summed E-state index contributed by atoms with van der Waals surface area (Å²) in [5.41, 5.74) is 0. The topological polar surface area (TPSA) is 32.3 Å². The van der Waals surface area contributed by atoms with Gasteiger partial charge < -0.3 is 10.4 Å². The molecule has 3 heteroatoms. The molecule has 0 radical (unpaired) electrons. The van der Waals surface area contributed by atoms with Gasteiger partial charge in [0.1, 0.15) is 0 Å². The predicted octanol–water partition coefficient (Wildman–Crippen LogP) is 1.74. The van der Waals surface area contributed by atoms with Gasteiger partial charge in [0.2, 0.25) is 0 Å². The first kappa shape index (κ1) is 12.3. The average molecular weight is 217 g/mol. The van der Waals surface area contributed by atoms with Gasteiger partial charge in [0.25, 0.3) is 0 Å². The molecular formula is C11H23NOS. The van der Waals surface area contributed by atoms with Gasteiger partial charge in [-0.3, -0.25) is 0 Å². The van der Waals surface area contributed by atoms with E-state index in [1.807, 2.05) is 11.8 Å². The van der Waals surface area contributed by atoms with Crippen molar-refractivity contribution in [1.82, 2.24) is 5.32 Å². The van der Waals surface area contributed by atoms with Gasteiger partial charge in [-0.15, -0.1) is 0 Å². The molecule has 1 aliphatic rings. The van der Waals surface area contributed by atoms with Crippen molar-refractivity contribution in [2.24, 2.45) is 11.8 Å². The van der Waals surface area contributed by atoms with Crippen molar-refractivity contribution in [3.63, 3.8) is 0 Å². The first-order chi connectivity index (χ1) is 6.72. The maximum absolute atomic E-state index is 8.95. The van der Waals surface area contributed by atoms with Gasteiger partial charge in [-0.05, 0) is 31.2 Å². The highest BCUT2D eigenvalue weighted by atomic mass is 32.2. The van der Waals surface area contributed by atoms with Crippen molar-refractivity contribution >= 4 is 11.8 Å². The molecule has 1 aliphatic heterocycles. The molecule has 0 bridgehead atoms. The van der Waals surface area contributed by atoms with Crippen molar-refractivity contribution in [3.05, 3.63) is 0 Å². The zero-order valence-corrected chi connectivity index (χ0v) is 10.1. The first-order valence-corrected chi connectivity index (χ1v) is 6.79. The van der Waals surface area contributed by atoms with Crippen molar-refractivity contribution in [2.75, 3.05) is 24.7 Å². The fourth-order valence-corrected chi connectivity index (χ4v) is 2.55. The molecule has 0 spiro atoms. The molecule has 0 aliphatic carbocycles. The van der Waals surface area contributed by atoms with Crippen LogP contribution in [-0.2, 0) is 0 Å². The molecule has 1 saturated heterocycles. The molecular weight excluding hydrogens is 194 g/mol. The van der Waals surface area contributed by atoms with Gasteiger partial charge in [0.05, 0.1) is 0 Å². The van der Waals surface area contributed by atoms with E-state index in [1.165, 1.54) is 17.9 Å². The van der Waals surface area contributed by atoms with Crippen molar-refractivity contribution in [1.29, 1.82) is 0 Å². The van der Waals surface area contributed by atoms with Crippen LogP contribution in [0.4, 0.5) is 0 Å². The second-order valence-electron chi connectivity index (χ2n) is 4.65. The van der Waals surface area contributed by atoms with E-state index in [0.29, 0.717) is 12.5 Å². The third kappa shape index (κ3) is 4.67. The van der Waals surface area contributed by atoms with Gasteiger partial charge >= 0.3 is 0 Å². The third-order valence-corrected chi connectivity index (χ3v) is 3.95. The standard InChI is InChI=1S/C11H23NOS/c1-9(2)5-10(3-4-13)6-12-11-7-14-8-11/h9-13H,3-8H2,1-2H3. The Kier molecular flexibility index (Phi) is 5.90. The smallest absolute Gasteiger partial charge is 0.0434 e. The van der Waals surface area contributed by atoms with Crippen molar-refractivity contribution in [3.8, 4) is 0 Å². The van der Waals surface area contributed by atoms with E-state index >= 15 is 0 Å². The van der Waals surface area contributed by atoms with Gasteiger partial charge in [0, 0.05) is 24.2 Å². The summed E-state index contributed by atoms with van der Waals surface area (Å²) in [5.74, 6) is 3.94.